The van der Waals surface area contributed by atoms with Crippen LogP contribution in [0.4, 0.5) is 10.4 Å². The summed E-state index contributed by atoms with van der Waals surface area (Å²) in [5.41, 5.74) is 0.824. The Bertz CT molecular complexity index is 556. The van der Waals surface area contributed by atoms with Gasteiger partial charge in [0.2, 0.25) is 5.89 Å². The van der Waals surface area contributed by atoms with Crippen molar-refractivity contribution < 1.29 is 8.81 Å². The number of nitrogens with zero attached hydrogens (tertiary/aromatic N) is 2. The van der Waals surface area contributed by atoms with E-state index in [0.717, 1.165) is 5.56 Å². The summed E-state index contributed by atoms with van der Waals surface area (Å²) in [5.74, 6) is 0.260. The molecule has 1 atom stereocenters. The molecule has 0 amide bonds. The van der Waals surface area contributed by atoms with Crippen molar-refractivity contribution in [1.29, 1.82) is 0 Å². The molecular weight excluding hydrogens is 259 g/mol. The molecule has 0 aliphatic rings. The molecule has 20 heavy (non-hydrogen) atoms. The number of nitrogens with one attached hydrogen (secondary N) is 2. The molecule has 0 bridgehead atoms. The van der Waals surface area contributed by atoms with Crippen LogP contribution in [0.3, 0.4) is 0 Å². The quantitative estimate of drug-likeness (QED) is 0.850. The fourth-order valence-electron chi connectivity index (χ4n) is 1.72. The van der Waals surface area contributed by atoms with Crippen molar-refractivity contribution >= 4 is 6.01 Å². The smallest absolute Gasteiger partial charge is 0.315 e. The third-order valence-corrected chi connectivity index (χ3v) is 2.82. The van der Waals surface area contributed by atoms with Crippen LogP contribution >= 0.6 is 0 Å². The molecule has 2 aromatic rings. The largest absolute Gasteiger partial charge is 0.407 e. The molecular formula is C14H19FN4O. The minimum absolute atomic E-state index is 0.114. The summed E-state index contributed by atoms with van der Waals surface area (Å²) in [4.78, 5) is 0. The van der Waals surface area contributed by atoms with Crippen LogP contribution in [-0.2, 0) is 6.54 Å². The molecule has 2 rings (SSSR count). The fourth-order valence-corrected chi connectivity index (χ4v) is 1.72. The van der Waals surface area contributed by atoms with E-state index in [1.165, 1.54) is 12.1 Å². The molecule has 0 aliphatic heterocycles. The lowest BCUT2D eigenvalue weighted by molar-refractivity contribution is 0.456. The number of benzene rings is 1. The van der Waals surface area contributed by atoms with Gasteiger partial charge in [-0.05, 0) is 24.6 Å². The average molecular weight is 278 g/mol. The zero-order valence-electron chi connectivity index (χ0n) is 11.9. The second-order valence-corrected chi connectivity index (χ2v) is 4.96. The van der Waals surface area contributed by atoms with E-state index in [9.17, 15) is 4.39 Å². The Labute approximate surface area is 117 Å². The normalized spacial score (nSPS) is 12.7. The zero-order chi connectivity index (χ0) is 14.5. The second-order valence-electron chi connectivity index (χ2n) is 4.96. The van der Waals surface area contributed by atoms with Crippen molar-refractivity contribution in [2.24, 2.45) is 0 Å². The summed E-state index contributed by atoms with van der Waals surface area (Å²) in [5, 5.41) is 14.1. The summed E-state index contributed by atoms with van der Waals surface area (Å²) in [6, 6.07) is 6.99. The van der Waals surface area contributed by atoms with Crippen LogP contribution in [0.25, 0.3) is 0 Å². The van der Waals surface area contributed by atoms with Gasteiger partial charge in [-0.3, -0.25) is 0 Å². The van der Waals surface area contributed by atoms with Gasteiger partial charge in [-0.1, -0.05) is 31.1 Å². The topological polar surface area (TPSA) is 63.0 Å². The van der Waals surface area contributed by atoms with Gasteiger partial charge in [-0.25, -0.2) is 4.39 Å². The van der Waals surface area contributed by atoms with Crippen molar-refractivity contribution in [3.63, 3.8) is 0 Å². The number of anilines is 1. The Hall–Kier alpha value is -1.95. The minimum atomic E-state index is -0.261. The number of hydrogen-bond acceptors (Lipinski definition) is 5. The molecule has 0 saturated heterocycles. The standard InChI is InChI=1S/C14H19FN4O/c1-9(2)16-8-13-18-19-14(20-13)17-10(3)11-5-4-6-12(15)7-11/h4-7,9-10,16H,8H2,1-3H3,(H,17,19). The maximum atomic E-state index is 13.2. The van der Waals surface area contributed by atoms with Gasteiger partial charge in [0.25, 0.3) is 0 Å². The van der Waals surface area contributed by atoms with Gasteiger partial charge in [0.15, 0.2) is 0 Å². The molecule has 0 saturated carbocycles. The summed E-state index contributed by atoms with van der Waals surface area (Å²) in [6.45, 7) is 6.52. The van der Waals surface area contributed by atoms with Crippen molar-refractivity contribution in [1.82, 2.24) is 15.5 Å². The van der Waals surface area contributed by atoms with Gasteiger partial charge in [0.1, 0.15) is 5.82 Å². The Morgan fingerprint density at radius 2 is 2.05 bits per heavy atom. The minimum Gasteiger partial charge on any atom is -0.407 e. The Morgan fingerprint density at radius 1 is 1.25 bits per heavy atom. The third kappa shape index (κ3) is 4.03. The highest BCUT2D eigenvalue weighted by Crippen LogP contribution is 2.18. The van der Waals surface area contributed by atoms with E-state index in [1.807, 2.05) is 26.8 Å². The highest BCUT2D eigenvalue weighted by atomic mass is 19.1. The molecule has 1 heterocycles. The SMILES string of the molecule is CC(C)NCc1nnc(NC(C)c2cccc(F)c2)o1. The van der Waals surface area contributed by atoms with Crippen LogP contribution < -0.4 is 10.6 Å². The van der Waals surface area contributed by atoms with Crippen molar-refractivity contribution in [2.75, 3.05) is 5.32 Å². The first kappa shape index (κ1) is 14.5. The molecule has 6 heteroatoms. The summed E-state index contributed by atoms with van der Waals surface area (Å²) in [6.07, 6.45) is 0. The first-order valence-corrected chi connectivity index (χ1v) is 6.62. The van der Waals surface area contributed by atoms with E-state index in [-0.39, 0.29) is 11.9 Å². The van der Waals surface area contributed by atoms with E-state index in [4.69, 9.17) is 4.42 Å². The molecule has 108 valence electrons. The van der Waals surface area contributed by atoms with Crippen LogP contribution in [0.15, 0.2) is 28.7 Å². The fraction of sp³-hybridized carbons (Fsp3) is 0.429. The van der Waals surface area contributed by atoms with Crippen LogP contribution in [0, 0.1) is 5.82 Å². The van der Waals surface area contributed by atoms with Crippen molar-refractivity contribution in [3.05, 3.63) is 41.5 Å². The number of rotatable bonds is 6. The first-order chi connectivity index (χ1) is 9.54. The van der Waals surface area contributed by atoms with E-state index in [2.05, 4.69) is 20.8 Å². The Kier molecular flexibility index (Phi) is 4.68. The van der Waals surface area contributed by atoms with Gasteiger partial charge in [-0.15, -0.1) is 5.10 Å². The third-order valence-electron chi connectivity index (χ3n) is 2.82. The predicted octanol–water partition coefficient (Wildman–Crippen LogP) is 2.88. The molecule has 0 radical (unpaired) electrons. The van der Waals surface area contributed by atoms with Crippen LogP contribution in [0.5, 0.6) is 0 Å². The van der Waals surface area contributed by atoms with E-state index < -0.39 is 0 Å². The van der Waals surface area contributed by atoms with Crippen molar-refractivity contribution in [3.8, 4) is 0 Å². The average Bonchev–Trinajstić information content (AvgIpc) is 2.84. The lowest BCUT2D eigenvalue weighted by Gasteiger charge is -2.12. The number of aromatic nitrogens is 2. The predicted molar refractivity (Wildman–Crippen MR) is 74.7 cm³/mol. The van der Waals surface area contributed by atoms with Crippen LogP contribution in [-0.4, -0.2) is 16.2 Å². The molecule has 0 aliphatic carbocycles. The molecule has 0 spiro atoms. The highest BCUT2D eigenvalue weighted by Gasteiger charge is 2.11. The maximum absolute atomic E-state index is 13.2. The molecule has 1 aromatic heterocycles. The number of halogens is 1. The van der Waals surface area contributed by atoms with Crippen molar-refractivity contribution in [2.45, 2.75) is 39.4 Å². The van der Waals surface area contributed by atoms with Gasteiger partial charge < -0.3 is 15.1 Å². The molecule has 2 N–H and O–H groups in total. The van der Waals surface area contributed by atoms with Gasteiger partial charge in [0, 0.05) is 6.04 Å². The summed E-state index contributed by atoms with van der Waals surface area (Å²) < 4.78 is 18.6. The molecule has 1 unspecified atom stereocenters. The van der Waals surface area contributed by atoms with Gasteiger partial charge in [0.05, 0.1) is 12.6 Å². The highest BCUT2D eigenvalue weighted by molar-refractivity contribution is 5.28. The Morgan fingerprint density at radius 3 is 2.75 bits per heavy atom. The second kappa shape index (κ2) is 6.47. The summed E-state index contributed by atoms with van der Waals surface area (Å²) >= 11 is 0. The van der Waals surface area contributed by atoms with E-state index in [0.29, 0.717) is 24.5 Å². The van der Waals surface area contributed by atoms with Gasteiger partial charge in [-0.2, -0.15) is 0 Å². The zero-order valence-corrected chi connectivity index (χ0v) is 11.9. The first-order valence-electron chi connectivity index (χ1n) is 6.62. The van der Waals surface area contributed by atoms with E-state index in [1.54, 1.807) is 6.07 Å². The number of hydrogen-bond donors (Lipinski definition) is 2. The Balaban J connectivity index is 1.96. The summed E-state index contributed by atoms with van der Waals surface area (Å²) in [7, 11) is 0. The molecule has 1 aromatic carbocycles. The lowest BCUT2D eigenvalue weighted by atomic mass is 10.1. The van der Waals surface area contributed by atoms with Crippen LogP contribution in [0.1, 0.15) is 38.3 Å². The van der Waals surface area contributed by atoms with E-state index >= 15 is 0 Å². The van der Waals surface area contributed by atoms with Crippen LogP contribution in [0.2, 0.25) is 0 Å². The monoisotopic (exact) mass is 278 g/mol. The maximum Gasteiger partial charge on any atom is 0.315 e. The lowest BCUT2D eigenvalue weighted by Crippen LogP contribution is -2.21. The molecule has 5 nitrogen and oxygen atoms in total. The van der Waals surface area contributed by atoms with Gasteiger partial charge >= 0.3 is 6.01 Å². The molecule has 0 fully saturated rings.